The van der Waals surface area contributed by atoms with E-state index < -0.39 is 24.7 Å². The molecule has 0 spiro atoms. The lowest BCUT2D eigenvalue weighted by atomic mass is 10.2. The monoisotopic (exact) mass is 242 g/mol. The Hall–Kier alpha value is -1.85. The summed E-state index contributed by atoms with van der Waals surface area (Å²) < 4.78 is 37.1. The predicted octanol–water partition coefficient (Wildman–Crippen LogP) is 2.35. The Balaban J connectivity index is 2.37. The minimum atomic E-state index is -4.27. The molecule has 0 aliphatic heterocycles. The van der Waals surface area contributed by atoms with E-state index in [-0.39, 0.29) is 0 Å². The van der Waals surface area contributed by atoms with Crippen LogP contribution < -0.4 is 5.56 Å². The second-order valence-electron chi connectivity index (χ2n) is 3.63. The highest BCUT2D eigenvalue weighted by atomic mass is 19.4. The number of halogens is 3. The van der Waals surface area contributed by atoms with Crippen molar-refractivity contribution < 1.29 is 13.2 Å². The van der Waals surface area contributed by atoms with Crippen molar-refractivity contribution in [2.24, 2.45) is 0 Å². The van der Waals surface area contributed by atoms with Crippen LogP contribution in [0, 0.1) is 0 Å². The molecule has 90 valence electrons. The Morgan fingerprint density at radius 2 is 1.94 bits per heavy atom. The maximum atomic E-state index is 12.1. The molecular formula is C11H9F3N2O. The minimum absolute atomic E-state index is 0.331. The molecule has 0 fully saturated rings. The summed E-state index contributed by atoms with van der Waals surface area (Å²) in [5, 5.41) is 0.331. The van der Waals surface area contributed by atoms with E-state index >= 15 is 0 Å². The maximum Gasteiger partial charge on any atom is 0.390 e. The zero-order valence-electron chi connectivity index (χ0n) is 8.74. The fraction of sp³-hybridized carbons (Fsp3) is 0.273. The average molecular weight is 242 g/mol. The fourth-order valence-corrected chi connectivity index (χ4v) is 1.51. The van der Waals surface area contributed by atoms with E-state index in [2.05, 4.69) is 4.98 Å². The highest BCUT2D eigenvalue weighted by Gasteiger charge is 2.26. The highest BCUT2D eigenvalue weighted by molar-refractivity contribution is 5.76. The fourth-order valence-electron chi connectivity index (χ4n) is 1.51. The summed E-state index contributed by atoms with van der Waals surface area (Å²) in [6.07, 6.45) is -4.16. The molecule has 0 radical (unpaired) electrons. The van der Waals surface area contributed by atoms with Crippen LogP contribution in [0.3, 0.4) is 0 Å². The van der Waals surface area contributed by atoms with Gasteiger partial charge in [-0.05, 0) is 12.1 Å². The molecule has 0 atom stereocenters. The Morgan fingerprint density at radius 3 is 2.65 bits per heavy atom. The second-order valence-corrected chi connectivity index (χ2v) is 3.63. The van der Waals surface area contributed by atoms with Crippen molar-refractivity contribution >= 4 is 10.9 Å². The van der Waals surface area contributed by atoms with Crippen LogP contribution in [0.1, 0.15) is 6.42 Å². The highest BCUT2D eigenvalue weighted by Crippen LogP contribution is 2.19. The molecule has 0 bridgehead atoms. The number of nitrogens with zero attached hydrogens (tertiary/aromatic N) is 2. The first-order valence-electron chi connectivity index (χ1n) is 4.98. The zero-order chi connectivity index (χ0) is 12.5. The molecule has 6 heteroatoms. The van der Waals surface area contributed by atoms with Crippen LogP contribution in [0.5, 0.6) is 0 Å². The summed E-state index contributed by atoms with van der Waals surface area (Å²) in [4.78, 5) is 15.7. The number of para-hydroxylation sites is 1. The van der Waals surface area contributed by atoms with E-state index in [4.69, 9.17) is 0 Å². The summed E-state index contributed by atoms with van der Waals surface area (Å²) in [5.74, 6) is 0. The first-order valence-corrected chi connectivity index (χ1v) is 4.98. The van der Waals surface area contributed by atoms with Gasteiger partial charge >= 0.3 is 6.18 Å². The van der Waals surface area contributed by atoms with Gasteiger partial charge in [-0.2, -0.15) is 13.2 Å². The standard InChI is InChI=1S/C11H9F3N2O/c12-11(13,14)5-6-16-7-15-9-4-2-1-3-8(9)10(16)17/h1-4,7H,5-6H2. The Labute approximate surface area is 94.5 Å². The molecule has 3 nitrogen and oxygen atoms in total. The van der Waals surface area contributed by atoms with Crippen molar-refractivity contribution in [3.05, 3.63) is 40.9 Å². The zero-order valence-corrected chi connectivity index (χ0v) is 8.74. The molecule has 0 N–H and O–H groups in total. The summed E-state index contributed by atoms with van der Waals surface area (Å²) in [7, 11) is 0. The second kappa shape index (κ2) is 4.20. The van der Waals surface area contributed by atoms with Crippen molar-refractivity contribution in [3.8, 4) is 0 Å². The van der Waals surface area contributed by atoms with Crippen LogP contribution in [0.15, 0.2) is 35.4 Å². The van der Waals surface area contributed by atoms with Crippen LogP contribution in [-0.2, 0) is 6.54 Å². The third-order valence-corrected chi connectivity index (χ3v) is 2.37. The predicted molar refractivity (Wildman–Crippen MR) is 56.7 cm³/mol. The molecule has 0 aliphatic rings. The summed E-state index contributed by atoms with van der Waals surface area (Å²) >= 11 is 0. The van der Waals surface area contributed by atoms with E-state index in [1.807, 2.05) is 0 Å². The summed E-state index contributed by atoms with van der Waals surface area (Å²) in [5.41, 5.74) is 0.0422. The number of alkyl halides is 3. The van der Waals surface area contributed by atoms with Gasteiger partial charge in [0.1, 0.15) is 0 Å². The molecule has 1 aromatic heterocycles. The van der Waals surface area contributed by atoms with Gasteiger partial charge in [0, 0.05) is 6.54 Å². The summed E-state index contributed by atoms with van der Waals surface area (Å²) in [6, 6.07) is 6.56. The lowest BCUT2D eigenvalue weighted by molar-refractivity contribution is -0.136. The van der Waals surface area contributed by atoms with Gasteiger partial charge in [0.15, 0.2) is 0 Å². The number of aryl methyl sites for hydroxylation is 1. The van der Waals surface area contributed by atoms with Gasteiger partial charge in [0.05, 0.1) is 23.7 Å². The van der Waals surface area contributed by atoms with E-state index in [1.165, 1.54) is 0 Å². The van der Waals surface area contributed by atoms with Gasteiger partial charge in [-0.1, -0.05) is 12.1 Å². The number of rotatable bonds is 2. The van der Waals surface area contributed by atoms with Crippen LogP contribution in [0.2, 0.25) is 0 Å². The molecule has 1 heterocycles. The SMILES string of the molecule is O=c1c2ccccc2ncn1CCC(F)(F)F. The topological polar surface area (TPSA) is 34.9 Å². The first-order chi connectivity index (χ1) is 7.97. The van der Waals surface area contributed by atoms with Gasteiger partial charge in [-0.3, -0.25) is 9.36 Å². The van der Waals surface area contributed by atoms with Gasteiger partial charge in [-0.25, -0.2) is 4.98 Å². The van der Waals surface area contributed by atoms with Crippen molar-refractivity contribution in [1.29, 1.82) is 0 Å². The Bertz CT molecular complexity index is 589. The van der Waals surface area contributed by atoms with Crippen molar-refractivity contribution in [3.63, 3.8) is 0 Å². The molecule has 2 rings (SSSR count). The van der Waals surface area contributed by atoms with Crippen molar-refractivity contribution in [2.75, 3.05) is 0 Å². The average Bonchev–Trinajstić information content (AvgIpc) is 2.27. The third kappa shape index (κ3) is 2.64. The first kappa shape index (κ1) is 11.6. The smallest absolute Gasteiger partial charge is 0.298 e. The molecule has 0 unspecified atom stereocenters. The number of aromatic nitrogens is 2. The van der Waals surface area contributed by atoms with Gasteiger partial charge in [-0.15, -0.1) is 0 Å². The molecule has 0 amide bonds. The Morgan fingerprint density at radius 1 is 1.24 bits per heavy atom. The van der Waals surface area contributed by atoms with Crippen LogP contribution in [-0.4, -0.2) is 15.7 Å². The number of benzene rings is 1. The molecule has 1 aromatic carbocycles. The number of hydrogen-bond donors (Lipinski definition) is 0. The maximum absolute atomic E-state index is 12.1. The van der Waals surface area contributed by atoms with Gasteiger partial charge in [0.25, 0.3) is 5.56 Å². The number of fused-ring (bicyclic) bond motifs is 1. The lowest BCUT2D eigenvalue weighted by Crippen LogP contribution is -2.23. The van der Waals surface area contributed by atoms with Crippen LogP contribution in [0.4, 0.5) is 13.2 Å². The molecule has 2 aromatic rings. The van der Waals surface area contributed by atoms with E-state index in [1.54, 1.807) is 24.3 Å². The van der Waals surface area contributed by atoms with Gasteiger partial charge < -0.3 is 0 Å². The lowest BCUT2D eigenvalue weighted by Gasteiger charge is -2.08. The van der Waals surface area contributed by atoms with E-state index in [0.29, 0.717) is 10.9 Å². The van der Waals surface area contributed by atoms with Crippen LogP contribution in [0.25, 0.3) is 10.9 Å². The normalized spacial score (nSPS) is 11.9. The molecule has 0 aliphatic carbocycles. The molecule has 0 saturated heterocycles. The largest absolute Gasteiger partial charge is 0.390 e. The van der Waals surface area contributed by atoms with Crippen LogP contribution >= 0.6 is 0 Å². The summed E-state index contributed by atoms with van der Waals surface area (Å²) in [6.45, 7) is -0.403. The van der Waals surface area contributed by atoms with Crippen molar-refractivity contribution in [1.82, 2.24) is 9.55 Å². The third-order valence-electron chi connectivity index (χ3n) is 2.37. The minimum Gasteiger partial charge on any atom is -0.298 e. The van der Waals surface area contributed by atoms with Crippen molar-refractivity contribution in [2.45, 2.75) is 19.1 Å². The molecule has 0 saturated carbocycles. The number of hydrogen-bond acceptors (Lipinski definition) is 2. The van der Waals surface area contributed by atoms with E-state index in [0.717, 1.165) is 10.9 Å². The molecule has 17 heavy (non-hydrogen) atoms. The van der Waals surface area contributed by atoms with E-state index in [9.17, 15) is 18.0 Å². The Kier molecular flexibility index (Phi) is 2.87. The van der Waals surface area contributed by atoms with Gasteiger partial charge in [0.2, 0.25) is 0 Å². The quantitative estimate of drug-likeness (QED) is 0.810. The molecular weight excluding hydrogens is 233 g/mol.